The lowest BCUT2D eigenvalue weighted by Gasteiger charge is -2.16. The first-order valence-corrected chi connectivity index (χ1v) is 7.46. The molecule has 0 aliphatic rings. The molecule has 1 atom stereocenters. The van der Waals surface area contributed by atoms with Gasteiger partial charge in [0.2, 0.25) is 0 Å². The van der Waals surface area contributed by atoms with Crippen LogP contribution in [0.5, 0.6) is 5.75 Å². The molecule has 0 bridgehead atoms. The van der Waals surface area contributed by atoms with Gasteiger partial charge in [0.25, 0.3) is 0 Å². The molecule has 0 aromatic heterocycles. The third-order valence-corrected chi connectivity index (χ3v) is 3.47. The summed E-state index contributed by atoms with van der Waals surface area (Å²) in [5, 5.41) is 12.2. The Morgan fingerprint density at radius 3 is 2.71 bits per heavy atom. The van der Waals surface area contributed by atoms with Crippen molar-refractivity contribution in [1.82, 2.24) is 5.32 Å². The number of hydrogen-bond donors (Lipinski definition) is 1. The Labute approximate surface area is 127 Å². The standard InChI is InChI=1S/C17H25FN2O/c1-5-20-13(2)14-7-8-16(15(18)11-14)21-10-6-9-17(3,4)12-19/h7-8,11,13,20H,5-6,9-10H2,1-4H3. The van der Waals surface area contributed by atoms with E-state index in [2.05, 4.69) is 11.4 Å². The summed E-state index contributed by atoms with van der Waals surface area (Å²) >= 11 is 0. The summed E-state index contributed by atoms with van der Waals surface area (Å²) in [6.45, 7) is 9.07. The zero-order valence-corrected chi connectivity index (χ0v) is 13.4. The van der Waals surface area contributed by atoms with E-state index in [1.54, 1.807) is 6.07 Å². The number of nitrogens with one attached hydrogen (secondary N) is 1. The molecule has 0 heterocycles. The Morgan fingerprint density at radius 1 is 1.43 bits per heavy atom. The highest BCUT2D eigenvalue weighted by Crippen LogP contribution is 2.24. The highest BCUT2D eigenvalue weighted by molar-refractivity contribution is 5.30. The lowest BCUT2D eigenvalue weighted by molar-refractivity contribution is 0.273. The third kappa shape index (κ3) is 5.73. The van der Waals surface area contributed by atoms with Crippen LogP contribution < -0.4 is 10.1 Å². The highest BCUT2D eigenvalue weighted by Gasteiger charge is 2.16. The number of rotatable bonds is 8. The summed E-state index contributed by atoms with van der Waals surface area (Å²) in [5.41, 5.74) is 0.555. The molecule has 0 aliphatic carbocycles. The summed E-state index contributed by atoms with van der Waals surface area (Å²) in [6.07, 6.45) is 1.47. The van der Waals surface area contributed by atoms with Crippen LogP contribution in [-0.2, 0) is 0 Å². The van der Waals surface area contributed by atoms with E-state index in [1.807, 2.05) is 33.8 Å². The Balaban J connectivity index is 2.52. The normalized spacial score (nSPS) is 12.8. The summed E-state index contributed by atoms with van der Waals surface area (Å²) in [7, 11) is 0. The number of hydrogen-bond acceptors (Lipinski definition) is 3. The highest BCUT2D eigenvalue weighted by atomic mass is 19.1. The predicted molar refractivity (Wildman–Crippen MR) is 82.6 cm³/mol. The van der Waals surface area contributed by atoms with Gasteiger partial charge in [-0.05, 0) is 57.9 Å². The molecular weight excluding hydrogens is 267 g/mol. The van der Waals surface area contributed by atoms with Gasteiger partial charge < -0.3 is 10.1 Å². The van der Waals surface area contributed by atoms with Gasteiger partial charge in [-0.1, -0.05) is 13.0 Å². The summed E-state index contributed by atoms with van der Waals surface area (Å²) in [5.74, 6) is -0.0611. The fraction of sp³-hybridized carbons (Fsp3) is 0.588. The second kappa shape index (κ2) is 7.99. The van der Waals surface area contributed by atoms with Crippen molar-refractivity contribution < 1.29 is 9.13 Å². The first-order chi connectivity index (χ1) is 9.89. The molecule has 1 rings (SSSR count). The second-order valence-electron chi connectivity index (χ2n) is 5.92. The molecule has 0 radical (unpaired) electrons. The number of benzene rings is 1. The monoisotopic (exact) mass is 292 g/mol. The molecule has 0 aliphatic heterocycles. The molecule has 21 heavy (non-hydrogen) atoms. The molecule has 1 N–H and O–H groups in total. The molecule has 1 aromatic carbocycles. The van der Waals surface area contributed by atoms with Crippen molar-refractivity contribution in [3.8, 4) is 11.8 Å². The number of ether oxygens (including phenoxy) is 1. The number of halogens is 1. The van der Waals surface area contributed by atoms with Crippen LogP contribution in [0.3, 0.4) is 0 Å². The van der Waals surface area contributed by atoms with Crippen LogP contribution in [0.25, 0.3) is 0 Å². The van der Waals surface area contributed by atoms with Crippen LogP contribution in [-0.4, -0.2) is 13.2 Å². The van der Waals surface area contributed by atoms with E-state index in [0.29, 0.717) is 6.61 Å². The summed E-state index contributed by atoms with van der Waals surface area (Å²) < 4.78 is 19.4. The first kappa shape index (κ1) is 17.5. The van der Waals surface area contributed by atoms with Gasteiger partial charge in [0, 0.05) is 6.04 Å². The Bertz CT molecular complexity index is 494. The maximum absolute atomic E-state index is 14.0. The molecule has 0 fully saturated rings. The van der Waals surface area contributed by atoms with Crippen LogP contribution in [0.2, 0.25) is 0 Å². The van der Waals surface area contributed by atoms with Crippen LogP contribution in [0.15, 0.2) is 18.2 Å². The van der Waals surface area contributed by atoms with E-state index in [4.69, 9.17) is 10.00 Å². The van der Waals surface area contributed by atoms with Crippen LogP contribution >= 0.6 is 0 Å². The molecule has 3 nitrogen and oxygen atoms in total. The lowest BCUT2D eigenvalue weighted by Crippen LogP contribution is -2.17. The molecule has 116 valence electrons. The maximum Gasteiger partial charge on any atom is 0.165 e. The molecule has 0 saturated heterocycles. The lowest BCUT2D eigenvalue weighted by atomic mass is 9.90. The Hall–Kier alpha value is -1.60. The van der Waals surface area contributed by atoms with Gasteiger partial charge in [0.05, 0.1) is 18.1 Å². The second-order valence-corrected chi connectivity index (χ2v) is 5.92. The first-order valence-electron chi connectivity index (χ1n) is 7.46. The van der Waals surface area contributed by atoms with E-state index in [-0.39, 0.29) is 23.0 Å². The van der Waals surface area contributed by atoms with Gasteiger partial charge in [0.1, 0.15) is 0 Å². The molecule has 0 spiro atoms. The van der Waals surface area contributed by atoms with E-state index in [1.165, 1.54) is 6.07 Å². The van der Waals surface area contributed by atoms with Crippen molar-refractivity contribution in [1.29, 1.82) is 5.26 Å². The molecular formula is C17H25FN2O. The average molecular weight is 292 g/mol. The summed E-state index contributed by atoms with van der Waals surface area (Å²) in [6, 6.07) is 7.44. The van der Waals surface area contributed by atoms with Crippen LogP contribution in [0, 0.1) is 22.6 Å². The SMILES string of the molecule is CCNC(C)c1ccc(OCCCC(C)(C)C#N)c(F)c1. The molecule has 1 aromatic rings. The topological polar surface area (TPSA) is 45.0 Å². The van der Waals surface area contributed by atoms with E-state index in [9.17, 15) is 4.39 Å². The fourth-order valence-electron chi connectivity index (χ4n) is 2.08. The van der Waals surface area contributed by atoms with Crippen molar-refractivity contribution in [3.05, 3.63) is 29.6 Å². The summed E-state index contributed by atoms with van der Waals surface area (Å²) in [4.78, 5) is 0. The Morgan fingerprint density at radius 2 is 2.14 bits per heavy atom. The average Bonchev–Trinajstić information content (AvgIpc) is 2.45. The largest absolute Gasteiger partial charge is 0.491 e. The van der Waals surface area contributed by atoms with E-state index in [0.717, 1.165) is 24.9 Å². The van der Waals surface area contributed by atoms with Gasteiger partial charge in [0.15, 0.2) is 11.6 Å². The minimum Gasteiger partial charge on any atom is -0.491 e. The van der Waals surface area contributed by atoms with Crippen molar-refractivity contribution in [2.75, 3.05) is 13.2 Å². The van der Waals surface area contributed by atoms with Crippen molar-refractivity contribution in [2.45, 2.75) is 46.6 Å². The smallest absolute Gasteiger partial charge is 0.165 e. The van der Waals surface area contributed by atoms with Gasteiger partial charge in [-0.25, -0.2) is 4.39 Å². The van der Waals surface area contributed by atoms with Gasteiger partial charge in [-0.2, -0.15) is 5.26 Å². The zero-order valence-electron chi connectivity index (χ0n) is 13.4. The number of nitrogens with zero attached hydrogens (tertiary/aromatic N) is 1. The van der Waals surface area contributed by atoms with Crippen molar-refractivity contribution >= 4 is 0 Å². The van der Waals surface area contributed by atoms with Gasteiger partial charge >= 0.3 is 0 Å². The minimum absolute atomic E-state index is 0.120. The van der Waals surface area contributed by atoms with Crippen LogP contribution in [0.1, 0.15) is 52.1 Å². The minimum atomic E-state index is -0.354. The molecule has 4 heteroatoms. The molecule has 0 saturated carbocycles. The van der Waals surface area contributed by atoms with Gasteiger partial charge in [-0.3, -0.25) is 0 Å². The fourth-order valence-corrected chi connectivity index (χ4v) is 2.08. The number of nitriles is 1. The third-order valence-electron chi connectivity index (χ3n) is 3.47. The van der Waals surface area contributed by atoms with Crippen molar-refractivity contribution in [2.24, 2.45) is 5.41 Å². The molecule has 1 unspecified atom stereocenters. The van der Waals surface area contributed by atoms with Crippen LogP contribution in [0.4, 0.5) is 4.39 Å². The quantitative estimate of drug-likeness (QED) is 0.730. The predicted octanol–water partition coefficient (Wildman–Crippen LogP) is 4.20. The van der Waals surface area contributed by atoms with Crippen molar-refractivity contribution in [3.63, 3.8) is 0 Å². The zero-order chi connectivity index (χ0) is 15.9. The van der Waals surface area contributed by atoms with E-state index < -0.39 is 0 Å². The Kier molecular flexibility index (Phi) is 6.64. The van der Waals surface area contributed by atoms with Gasteiger partial charge in [-0.15, -0.1) is 0 Å². The molecule has 0 amide bonds. The van der Waals surface area contributed by atoms with E-state index >= 15 is 0 Å². The maximum atomic E-state index is 14.0.